The standard InChI is InChI=1S/C15H15NO4/c1-19-14(17)10-12(13-8-5-9-20-13)16-15(18)11-6-3-2-4-7-11/h2-9,12H,10H2,1H3,(H,16,18). The van der Waals surface area contributed by atoms with E-state index in [1.165, 1.54) is 13.4 Å². The second kappa shape index (κ2) is 6.56. The first kappa shape index (κ1) is 13.9. The van der Waals surface area contributed by atoms with Gasteiger partial charge in [0, 0.05) is 5.56 Å². The van der Waals surface area contributed by atoms with Crippen LogP contribution in [0.2, 0.25) is 0 Å². The van der Waals surface area contributed by atoms with Crippen LogP contribution in [-0.4, -0.2) is 19.0 Å². The summed E-state index contributed by atoms with van der Waals surface area (Å²) in [6, 6.07) is 11.6. The van der Waals surface area contributed by atoms with Gasteiger partial charge in [-0.2, -0.15) is 0 Å². The van der Waals surface area contributed by atoms with E-state index in [2.05, 4.69) is 10.1 Å². The second-order valence-electron chi connectivity index (χ2n) is 4.19. The number of carbonyl (C=O) groups is 2. The summed E-state index contributed by atoms with van der Waals surface area (Å²) in [6.07, 6.45) is 1.51. The molecule has 1 aromatic heterocycles. The fourth-order valence-corrected chi connectivity index (χ4v) is 1.79. The van der Waals surface area contributed by atoms with Crippen LogP contribution in [0.1, 0.15) is 28.6 Å². The van der Waals surface area contributed by atoms with Gasteiger partial charge in [-0.05, 0) is 24.3 Å². The molecule has 0 fully saturated rings. The molecule has 2 rings (SSSR count). The van der Waals surface area contributed by atoms with Crippen LogP contribution in [0.4, 0.5) is 0 Å². The molecule has 1 unspecified atom stereocenters. The molecule has 0 aliphatic rings. The van der Waals surface area contributed by atoms with Crippen molar-refractivity contribution in [2.45, 2.75) is 12.5 Å². The number of hydrogen-bond donors (Lipinski definition) is 1. The molecule has 20 heavy (non-hydrogen) atoms. The molecule has 0 aliphatic carbocycles. The summed E-state index contributed by atoms with van der Waals surface area (Å²) in [7, 11) is 1.31. The second-order valence-corrected chi connectivity index (χ2v) is 4.19. The third-order valence-electron chi connectivity index (χ3n) is 2.83. The van der Waals surface area contributed by atoms with Crippen molar-refractivity contribution in [1.82, 2.24) is 5.32 Å². The Morgan fingerprint density at radius 1 is 1.20 bits per heavy atom. The van der Waals surface area contributed by atoms with Crippen LogP contribution in [0.25, 0.3) is 0 Å². The van der Waals surface area contributed by atoms with Crippen molar-refractivity contribution in [1.29, 1.82) is 0 Å². The van der Waals surface area contributed by atoms with Gasteiger partial charge in [0.05, 0.1) is 25.8 Å². The van der Waals surface area contributed by atoms with Crippen LogP contribution in [0.3, 0.4) is 0 Å². The van der Waals surface area contributed by atoms with Crippen molar-refractivity contribution in [3.8, 4) is 0 Å². The number of amides is 1. The van der Waals surface area contributed by atoms with Gasteiger partial charge in [-0.1, -0.05) is 18.2 Å². The molecule has 1 amide bonds. The maximum Gasteiger partial charge on any atom is 0.308 e. The highest BCUT2D eigenvalue weighted by Crippen LogP contribution is 2.18. The predicted molar refractivity (Wildman–Crippen MR) is 72.0 cm³/mol. The summed E-state index contributed by atoms with van der Waals surface area (Å²) >= 11 is 0. The van der Waals surface area contributed by atoms with E-state index in [0.29, 0.717) is 11.3 Å². The molecule has 104 valence electrons. The average Bonchev–Trinajstić information content (AvgIpc) is 3.01. The van der Waals surface area contributed by atoms with E-state index >= 15 is 0 Å². The van der Waals surface area contributed by atoms with Crippen molar-refractivity contribution in [3.05, 3.63) is 60.1 Å². The maximum absolute atomic E-state index is 12.1. The molecule has 5 heteroatoms. The number of ether oxygens (including phenoxy) is 1. The number of hydrogen-bond acceptors (Lipinski definition) is 4. The number of furan rings is 1. The van der Waals surface area contributed by atoms with Gasteiger partial charge in [0.25, 0.3) is 5.91 Å². The van der Waals surface area contributed by atoms with Gasteiger partial charge in [-0.3, -0.25) is 9.59 Å². The van der Waals surface area contributed by atoms with Gasteiger partial charge in [-0.15, -0.1) is 0 Å². The lowest BCUT2D eigenvalue weighted by Crippen LogP contribution is -2.30. The van der Waals surface area contributed by atoms with E-state index in [9.17, 15) is 9.59 Å². The number of rotatable bonds is 5. The highest BCUT2D eigenvalue weighted by molar-refractivity contribution is 5.94. The molecule has 1 atom stereocenters. The Bertz CT molecular complexity index is 563. The molecule has 0 saturated carbocycles. The largest absolute Gasteiger partial charge is 0.469 e. The highest BCUT2D eigenvalue weighted by Gasteiger charge is 2.21. The van der Waals surface area contributed by atoms with E-state index in [0.717, 1.165) is 0 Å². The Kier molecular flexibility index (Phi) is 4.55. The molecule has 1 N–H and O–H groups in total. The topological polar surface area (TPSA) is 68.5 Å². The first-order chi connectivity index (χ1) is 9.70. The average molecular weight is 273 g/mol. The van der Waals surface area contributed by atoms with Gasteiger partial charge < -0.3 is 14.5 Å². The molecule has 1 heterocycles. The smallest absolute Gasteiger partial charge is 0.308 e. The van der Waals surface area contributed by atoms with E-state index in [-0.39, 0.29) is 12.3 Å². The normalized spacial score (nSPS) is 11.7. The number of nitrogens with one attached hydrogen (secondary N) is 1. The van der Waals surface area contributed by atoms with Crippen LogP contribution in [0.15, 0.2) is 53.1 Å². The van der Waals surface area contributed by atoms with Gasteiger partial charge in [-0.25, -0.2) is 0 Å². The fourth-order valence-electron chi connectivity index (χ4n) is 1.79. The number of esters is 1. The summed E-state index contributed by atoms with van der Waals surface area (Å²) in [5.74, 6) is -0.171. The van der Waals surface area contributed by atoms with Gasteiger partial charge in [0.2, 0.25) is 0 Å². The van der Waals surface area contributed by atoms with Gasteiger partial charge >= 0.3 is 5.97 Å². The highest BCUT2D eigenvalue weighted by atomic mass is 16.5. The van der Waals surface area contributed by atoms with E-state index in [1.54, 1.807) is 36.4 Å². The van der Waals surface area contributed by atoms with Crippen LogP contribution in [-0.2, 0) is 9.53 Å². The van der Waals surface area contributed by atoms with E-state index < -0.39 is 12.0 Å². The van der Waals surface area contributed by atoms with Gasteiger partial charge in [0.15, 0.2) is 0 Å². The first-order valence-electron chi connectivity index (χ1n) is 6.17. The molecule has 0 saturated heterocycles. The molecular weight excluding hydrogens is 258 g/mol. The van der Waals surface area contributed by atoms with Crippen molar-refractivity contribution in [2.24, 2.45) is 0 Å². The minimum atomic E-state index is -0.551. The third-order valence-corrected chi connectivity index (χ3v) is 2.83. The molecule has 5 nitrogen and oxygen atoms in total. The number of benzene rings is 1. The summed E-state index contributed by atoms with van der Waals surface area (Å²) in [5, 5.41) is 2.77. The Balaban J connectivity index is 2.12. The lowest BCUT2D eigenvalue weighted by Gasteiger charge is -2.15. The fraction of sp³-hybridized carbons (Fsp3) is 0.200. The lowest BCUT2D eigenvalue weighted by molar-refractivity contribution is -0.141. The van der Waals surface area contributed by atoms with Crippen molar-refractivity contribution in [2.75, 3.05) is 7.11 Å². The van der Waals surface area contributed by atoms with Crippen LogP contribution < -0.4 is 5.32 Å². The van der Waals surface area contributed by atoms with Gasteiger partial charge in [0.1, 0.15) is 5.76 Å². The quantitative estimate of drug-likeness (QED) is 0.849. The minimum absolute atomic E-state index is 0.0165. The Morgan fingerprint density at radius 3 is 2.55 bits per heavy atom. The van der Waals surface area contributed by atoms with E-state index in [1.807, 2.05) is 6.07 Å². The summed E-state index contributed by atoms with van der Waals surface area (Å²) in [4.78, 5) is 23.5. The molecule has 0 radical (unpaired) electrons. The van der Waals surface area contributed by atoms with Crippen molar-refractivity contribution < 1.29 is 18.7 Å². The zero-order valence-electron chi connectivity index (χ0n) is 11.0. The molecule has 1 aromatic carbocycles. The molecule has 0 aliphatic heterocycles. The molecule has 2 aromatic rings. The zero-order chi connectivity index (χ0) is 14.4. The molecular formula is C15H15NO4. The summed E-state index contributed by atoms with van der Waals surface area (Å²) in [6.45, 7) is 0. The SMILES string of the molecule is COC(=O)CC(NC(=O)c1ccccc1)c1ccco1. The monoisotopic (exact) mass is 273 g/mol. The van der Waals surface area contributed by atoms with Crippen LogP contribution in [0, 0.1) is 0 Å². The Labute approximate surface area is 116 Å². The predicted octanol–water partition coefficient (Wildman–Crippen LogP) is 2.31. The van der Waals surface area contributed by atoms with Crippen LogP contribution >= 0.6 is 0 Å². The van der Waals surface area contributed by atoms with Crippen molar-refractivity contribution in [3.63, 3.8) is 0 Å². The Hall–Kier alpha value is -2.56. The number of carbonyl (C=O) groups excluding carboxylic acids is 2. The van der Waals surface area contributed by atoms with Crippen molar-refractivity contribution >= 4 is 11.9 Å². The minimum Gasteiger partial charge on any atom is -0.469 e. The number of methoxy groups -OCH3 is 1. The molecule has 0 bridgehead atoms. The first-order valence-corrected chi connectivity index (χ1v) is 6.17. The lowest BCUT2D eigenvalue weighted by atomic mass is 10.1. The molecule has 0 spiro atoms. The Morgan fingerprint density at radius 2 is 1.95 bits per heavy atom. The summed E-state index contributed by atoms with van der Waals surface area (Å²) in [5.41, 5.74) is 0.522. The zero-order valence-corrected chi connectivity index (χ0v) is 11.0. The maximum atomic E-state index is 12.1. The van der Waals surface area contributed by atoms with E-state index in [4.69, 9.17) is 4.42 Å². The van der Waals surface area contributed by atoms with Crippen LogP contribution in [0.5, 0.6) is 0 Å². The summed E-state index contributed by atoms with van der Waals surface area (Å²) < 4.78 is 9.89. The third kappa shape index (κ3) is 3.47.